The lowest BCUT2D eigenvalue weighted by Gasteiger charge is -2.37. The van der Waals surface area contributed by atoms with Crippen molar-refractivity contribution in [2.24, 2.45) is 0 Å². The number of aryl methyl sites for hydroxylation is 1. The van der Waals surface area contributed by atoms with Crippen LogP contribution >= 0.6 is 0 Å². The Morgan fingerprint density at radius 3 is 2.80 bits per heavy atom. The second-order valence-electron chi connectivity index (χ2n) is 5.82. The van der Waals surface area contributed by atoms with Crippen molar-refractivity contribution >= 4 is 5.91 Å². The summed E-state index contributed by atoms with van der Waals surface area (Å²) in [7, 11) is 0. The van der Waals surface area contributed by atoms with Crippen LogP contribution < -0.4 is 0 Å². The predicted octanol–water partition coefficient (Wildman–Crippen LogP) is 1.07. The van der Waals surface area contributed by atoms with E-state index in [9.17, 15) is 15.0 Å². The third kappa shape index (κ3) is 2.86. The number of carbonyl (C=O) groups is 1. The summed E-state index contributed by atoms with van der Waals surface area (Å²) in [5.41, 5.74) is -0.900. The number of likely N-dealkylation sites (tertiary alicyclic amines) is 1. The van der Waals surface area contributed by atoms with Gasteiger partial charge in [0.15, 0.2) is 11.6 Å². The summed E-state index contributed by atoms with van der Waals surface area (Å²) in [6, 6.07) is 0. The number of hydrogen-bond donors (Lipinski definition) is 2. The van der Waals surface area contributed by atoms with Gasteiger partial charge in [0, 0.05) is 12.5 Å². The molecule has 0 aromatic carbocycles. The number of β-amino-alcohol motifs (C(OH)–C–C–N with tert-alkyl or cyclic N) is 1. The molecule has 1 aliphatic heterocycles. The maximum absolute atomic E-state index is 12.5. The quantitative estimate of drug-likeness (QED) is 0.866. The minimum atomic E-state index is -1.20. The summed E-state index contributed by atoms with van der Waals surface area (Å²) >= 11 is 0. The molecule has 0 aliphatic carbocycles. The van der Waals surface area contributed by atoms with E-state index in [4.69, 9.17) is 4.42 Å². The standard InChI is InChI=1S/C14H22N2O4/c1-9(2)12-15-11(10(3)20-12)13(18)16-6-4-5-14(19,7-16)8-17/h9,17,19H,4-8H2,1-3H3/t14-/m0/s1. The van der Waals surface area contributed by atoms with E-state index < -0.39 is 5.60 Å². The minimum Gasteiger partial charge on any atom is -0.445 e. The molecule has 1 atom stereocenters. The van der Waals surface area contributed by atoms with Gasteiger partial charge in [0.25, 0.3) is 5.91 Å². The Kier molecular flexibility index (Phi) is 4.15. The van der Waals surface area contributed by atoms with Crippen molar-refractivity contribution in [2.75, 3.05) is 19.7 Å². The van der Waals surface area contributed by atoms with Gasteiger partial charge in [-0.15, -0.1) is 0 Å². The molecule has 1 aromatic rings. The molecule has 6 nitrogen and oxygen atoms in total. The molecule has 1 aromatic heterocycles. The summed E-state index contributed by atoms with van der Waals surface area (Å²) in [4.78, 5) is 18.3. The molecule has 0 bridgehead atoms. The van der Waals surface area contributed by atoms with Crippen LogP contribution in [0.3, 0.4) is 0 Å². The Morgan fingerprint density at radius 1 is 1.55 bits per heavy atom. The number of aromatic nitrogens is 1. The van der Waals surface area contributed by atoms with E-state index >= 15 is 0 Å². The highest BCUT2D eigenvalue weighted by atomic mass is 16.4. The molecule has 2 rings (SSSR count). The maximum atomic E-state index is 12.5. The molecule has 0 saturated carbocycles. The highest BCUT2D eigenvalue weighted by Crippen LogP contribution is 2.24. The van der Waals surface area contributed by atoms with Crippen LogP contribution in [0.1, 0.15) is 54.7 Å². The Bertz CT molecular complexity index is 497. The lowest BCUT2D eigenvalue weighted by atomic mass is 9.93. The normalized spacial score (nSPS) is 23.4. The van der Waals surface area contributed by atoms with Crippen molar-refractivity contribution < 1.29 is 19.4 Å². The van der Waals surface area contributed by atoms with Crippen molar-refractivity contribution in [1.29, 1.82) is 0 Å². The first-order chi connectivity index (χ1) is 9.36. The molecule has 6 heteroatoms. The number of nitrogens with zero attached hydrogens (tertiary/aromatic N) is 2. The number of rotatable bonds is 3. The van der Waals surface area contributed by atoms with Gasteiger partial charge in [-0.1, -0.05) is 13.8 Å². The van der Waals surface area contributed by atoms with Crippen molar-refractivity contribution in [3.63, 3.8) is 0 Å². The Balaban J connectivity index is 2.19. The smallest absolute Gasteiger partial charge is 0.276 e. The predicted molar refractivity (Wildman–Crippen MR) is 72.5 cm³/mol. The lowest BCUT2D eigenvalue weighted by molar-refractivity contribution is -0.0599. The molecule has 112 valence electrons. The SMILES string of the molecule is Cc1oc(C(C)C)nc1C(=O)N1CCC[C@@](O)(CO)C1. The first-order valence-corrected chi connectivity index (χ1v) is 6.96. The van der Waals surface area contributed by atoms with Crippen LogP contribution in [0, 0.1) is 6.92 Å². The van der Waals surface area contributed by atoms with Gasteiger partial charge in [0.1, 0.15) is 11.4 Å². The highest BCUT2D eigenvalue weighted by Gasteiger charge is 2.36. The Morgan fingerprint density at radius 2 is 2.25 bits per heavy atom. The van der Waals surface area contributed by atoms with Gasteiger partial charge in [-0.2, -0.15) is 0 Å². The van der Waals surface area contributed by atoms with Crippen LogP contribution in [0.5, 0.6) is 0 Å². The fourth-order valence-electron chi connectivity index (χ4n) is 2.43. The average molecular weight is 282 g/mol. The zero-order valence-electron chi connectivity index (χ0n) is 12.2. The molecule has 2 heterocycles. The van der Waals surface area contributed by atoms with Gasteiger partial charge in [-0.25, -0.2) is 4.98 Å². The largest absolute Gasteiger partial charge is 0.445 e. The number of carbonyl (C=O) groups excluding carboxylic acids is 1. The molecular weight excluding hydrogens is 260 g/mol. The third-order valence-electron chi connectivity index (χ3n) is 3.65. The molecule has 0 radical (unpaired) electrons. The van der Waals surface area contributed by atoms with E-state index in [-0.39, 0.29) is 25.0 Å². The molecule has 0 unspecified atom stereocenters. The van der Waals surface area contributed by atoms with E-state index in [0.29, 0.717) is 36.7 Å². The van der Waals surface area contributed by atoms with Crippen molar-refractivity contribution in [3.8, 4) is 0 Å². The van der Waals surface area contributed by atoms with Crippen LogP contribution in [-0.2, 0) is 0 Å². The van der Waals surface area contributed by atoms with Crippen LogP contribution in [0.25, 0.3) is 0 Å². The molecule has 0 spiro atoms. The lowest BCUT2D eigenvalue weighted by Crippen LogP contribution is -2.52. The van der Waals surface area contributed by atoms with E-state index in [1.54, 1.807) is 6.92 Å². The number of hydrogen-bond acceptors (Lipinski definition) is 5. The second-order valence-corrected chi connectivity index (χ2v) is 5.82. The molecule has 2 N–H and O–H groups in total. The summed E-state index contributed by atoms with van der Waals surface area (Å²) in [6.45, 7) is 5.96. The van der Waals surface area contributed by atoms with Crippen molar-refractivity contribution in [2.45, 2.75) is 45.1 Å². The zero-order chi connectivity index (χ0) is 14.9. The van der Waals surface area contributed by atoms with Crippen LogP contribution in [0.2, 0.25) is 0 Å². The molecule has 1 saturated heterocycles. The fourth-order valence-corrected chi connectivity index (χ4v) is 2.43. The molecule has 1 aliphatic rings. The second kappa shape index (κ2) is 5.54. The van der Waals surface area contributed by atoms with E-state index in [1.165, 1.54) is 4.90 Å². The Labute approximate surface area is 118 Å². The topological polar surface area (TPSA) is 86.8 Å². The average Bonchev–Trinajstić information content (AvgIpc) is 2.80. The zero-order valence-corrected chi connectivity index (χ0v) is 12.2. The number of aliphatic hydroxyl groups excluding tert-OH is 1. The highest BCUT2D eigenvalue weighted by molar-refractivity contribution is 5.93. The van der Waals surface area contributed by atoms with Crippen molar-refractivity contribution in [3.05, 3.63) is 17.3 Å². The van der Waals surface area contributed by atoms with Gasteiger partial charge in [0.2, 0.25) is 0 Å². The third-order valence-corrected chi connectivity index (χ3v) is 3.65. The van der Waals surface area contributed by atoms with Gasteiger partial charge >= 0.3 is 0 Å². The number of aliphatic hydroxyl groups is 2. The van der Waals surface area contributed by atoms with E-state index in [0.717, 1.165) is 0 Å². The summed E-state index contributed by atoms with van der Waals surface area (Å²) in [5, 5.41) is 19.4. The van der Waals surface area contributed by atoms with Gasteiger partial charge in [-0.05, 0) is 19.8 Å². The first-order valence-electron chi connectivity index (χ1n) is 6.96. The minimum absolute atomic E-state index is 0.117. The van der Waals surface area contributed by atoms with Crippen LogP contribution in [0.15, 0.2) is 4.42 Å². The summed E-state index contributed by atoms with van der Waals surface area (Å²) in [6.07, 6.45) is 1.17. The molecule has 1 fully saturated rings. The first kappa shape index (κ1) is 15.0. The summed E-state index contributed by atoms with van der Waals surface area (Å²) in [5.74, 6) is 0.910. The van der Waals surface area contributed by atoms with Gasteiger partial charge in [0.05, 0.1) is 13.2 Å². The van der Waals surface area contributed by atoms with Crippen LogP contribution in [-0.4, -0.2) is 51.3 Å². The maximum Gasteiger partial charge on any atom is 0.276 e. The number of piperidine rings is 1. The molecule has 20 heavy (non-hydrogen) atoms. The molecule has 1 amide bonds. The van der Waals surface area contributed by atoms with Gasteiger partial charge < -0.3 is 19.5 Å². The Hall–Kier alpha value is -1.40. The van der Waals surface area contributed by atoms with Crippen molar-refractivity contribution in [1.82, 2.24) is 9.88 Å². The van der Waals surface area contributed by atoms with Crippen LogP contribution in [0.4, 0.5) is 0 Å². The number of oxazole rings is 1. The van der Waals surface area contributed by atoms with E-state index in [2.05, 4.69) is 4.98 Å². The fraction of sp³-hybridized carbons (Fsp3) is 0.714. The van der Waals surface area contributed by atoms with E-state index in [1.807, 2.05) is 13.8 Å². The summed E-state index contributed by atoms with van der Waals surface area (Å²) < 4.78 is 5.50. The monoisotopic (exact) mass is 282 g/mol. The molecular formula is C14H22N2O4. The van der Waals surface area contributed by atoms with Gasteiger partial charge in [-0.3, -0.25) is 4.79 Å². The number of amides is 1.